The van der Waals surface area contributed by atoms with Crippen LogP contribution in [-0.4, -0.2) is 42.0 Å². The smallest absolute Gasteiger partial charge is 0.290 e. The van der Waals surface area contributed by atoms with Gasteiger partial charge in [-0.2, -0.15) is 0 Å². The van der Waals surface area contributed by atoms with Gasteiger partial charge < -0.3 is 19.6 Å². The second-order valence-electron chi connectivity index (χ2n) is 5.96. The topological polar surface area (TPSA) is 87.0 Å². The predicted octanol–water partition coefficient (Wildman–Crippen LogP) is 1.64. The van der Waals surface area contributed by atoms with Gasteiger partial charge in [-0.3, -0.25) is 4.79 Å². The van der Waals surface area contributed by atoms with Crippen molar-refractivity contribution in [2.45, 2.75) is 12.5 Å². The zero-order chi connectivity index (χ0) is 16.7. The fourth-order valence-corrected chi connectivity index (χ4v) is 3.19. The first-order valence-corrected chi connectivity index (χ1v) is 7.71. The molecule has 0 bridgehead atoms. The summed E-state index contributed by atoms with van der Waals surface area (Å²) in [5.74, 6) is 0.411. The number of aryl methyl sites for hydroxylation is 1. The molecule has 7 nitrogen and oxygen atoms in total. The number of aromatic hydroxyl groups is 1. The average Bonchev–Trinajstić information content (AvgIpc) is 3.21. The lowest BCUT2D eigenvalue weighted by Crippen LogP contribution is -2.39. The first-order valence-electron chi connectivity index (χ1n) is 7.71. The molecule has 1 aromatic carbocycles. The SMILES string of the molecule is Cn1ccnc1C(=O)N1Cc2[nH]cnc2C(c2cccc(O)c2)C1. The van der Waals surface area contributed by atoms with Gasteiger partial charge >= 0.3 is 0 Å². The van der Waals surface area contributed by atoms with Crippen LogP contribution < -0.4 is 0 Å². The molecule has 1 aliphatic rings. The van der Waals surface area contributed by atoms with Gasteiger partial charge in [0.25, 0.3) is 5.91 Å². The molecule has 0 spiro atoms. The maximum Gasteiger partial charge on any atom is 0.290 e. The van der Waals surface area contributed by atoms with Gasteiger partial charge in [0.2, 0.25) is 0 Å². The van der Waals surface area contributed by atoms with Crippen molar-refractivity contribution >= 4 is 5.91 Å². The van der Waals surface area contributed by atoms with Crippen molar-refractivity contribution in [3.63, 3.8) is 0 Å². The third-order valence-corrected chi connectivity index (χ3v) is 4.41. The molecule has 0 saturated heterocycles. The molecule has 1 unspecified atom stereocenters. The Morgan fingerprint density at radius 2 is 2.25 bits per heavy atom. The van der Waals surface area contributed by atoms with E-state index in [2.05, 4.69) is 15.0 Å². The van der Waals surface area contributed by atoms with Crippen LogP contribution in [0.4, 0.5) is 0 Å². The molecular weight excluding hydrogens is 306 g/mol. The first-order chi connectivity index (χ1) is 11.6. The number of aromatic amines is 1. The maximum atomic E-state index is 12.8. The number of carbonyl (C=O) groups excluding carboxylic acids is 1. The van der Waals surface area contributed by atoms with Crippen LogP contribution in [0.5, 0.6) is 5.75 Å². The molecule has 122 valence electrons. The molecule has 1 aliphatic heterocycles. The number of fused-ring (bicyclic) bond motifs is 1. The van der Waals surface area contributed by atoms with Crippen molar-refractivity contribution in [3.05, 3.63) is 65.8 Å². The number of imidazole rings is 2. The number of nitrogens with one attached hydrogen (secondary N) is 1. The van der Waals surface area contributed by atoms with Crippen molar-refractivity contribution in [1.29, 1.82) is 0 Å². The van der Waals surface area contributed by atoms with E-state index in [1.807, 2.05) is 6.07 Å². The number of rotatable bonds is 2. The van der Waals surface area contributed by atoms with Crippen molar-refractivity contribution in [1.82, 2.24) is 24.4 Å². The number of phenols is 1. The Hall–Kier alpha value is -3.09. The van der Waals surface area contributed by atoms with Gasteiger partial charge in [-0.1, -0.05) is 12.1 Å². The second-order valence-corrected chi connectivity index (χ2v) is 5.96. The molecule has 1 atom stereocenters. The number of phenolic OH excluding ortho intramolecular Hbond substituents is 1. The van der Waals surface area contributed by atoms with Gasteiger partial charge in [-0.25, -0.2) is 9.97 Å². The van der Waals surface area contributed by atoms with Gasteiger partial charge in [0, 0.05) is 31.9 Å². The highest BCUT2D eigenvalue weighted by atomic mass is 16.3. The molecule has 0 saturated carbocycles. The second kappa shape index (κ2) is 5.52. The molecule has 7 heteroatoms. The average molecular weight is 323 g/mol. The van der Waals surface area contributed by atoms with Crippen LogP contribution in [-0.2, 0) is 13.6 Å². The van der Waals surface area contributed by atoms with Gasteiger partial charge in [-0.15, -0.1) is 0 Å². The molecule has 0 fully saturated rings. The number of aromatic nitrogens is 4. The van der Waals surface area contributed by atoms with Crippen LogP contribution in [0.2, 0.25) is 0 Å². The van der Waals surface area contributed by atoms with E-state index in [1.54, 1.807) is 53.4 Å². The van der Waals surface area contributed by atoms with Crippen molar-refractivity contribution in [2.75, 3.05) is 6.54 Å². The van der Waals surface area contributed by atoms with E-state index < -0.39 is 0 Å². The summed E-state index contributed by atoms with van der Waals surface area (Å²) < 4.78 is 1.72. The van der Waals surface area contributed by atoms with E-state index in [4.69, 9.17) is 0 Å². The van der Waals surface area contributed by atoms with E-state index in [-0.39, 0.29) is 17.6 Å². The number of nitrogens with zero attached hydrogens (tertiary/aromatic N) is 4. The van der Waals surface area contributed by atoms with E-state index in [0.29, 0.717) is 18.9 Å². The fourth-order valence-electron chi connectivity index (χ4n) is 3.19. The molecule has 24 heavy (non-hydrogen) atoms. The lowest BCUT2D eigenvalue weighted by atomic mass is 9.90. The predicted molar refractivity (Wildman–Crippen MR) is 86.5 cm³/mol. The number of H-pyrrole nitrogens is 1. The van der Waals surface area contributed by atoms with Gasteiger partial charge in [0.05, 0.1) is 24.3 Å². The van der Waals surface area contributed by atoms with E-state index >= 15 is 0 Å². The lowest BCUT2D eigenvalue weighted by molar-refractivity contribution is 0.0705. The van der Waals surface area contributed by atoms with Crippen molar-refractivity contribution in [3.8, 4) is 5.75 Å². The minimum Gasteiger partial charge on any atom is -0.508 e. The summed E-state index contributed by atoms with van der Waals surface area (Å²) in [7, 11) is 1.80. The molecule has 2 N–H and O–H groups in total. The van der Waals surface area contributed by atoms with E-state index in [0.717, 1.165) is 17.0 Å². The molecule has 1 amide bonds. The van der Waals surface area contributed by atoms with Crippen LogP contribution in [0, 0.1) is 0 Å². The molecule has 3 heterocycles. The maximum absolute atomic E-state index is 12.8. The largest absolute Gasteiger partial charge is 0.508 e. The number of carbonyl (C=O) groups is 1. The van der Waals surface area contributed by atoms with E-state index in [1.165, 1.54) is 0 Å². The molecule has 0 aliphatic carbocycles. The van der Waals surface area contributed by atoms with Gasteiger partial charge in [-0.05, 0) is 17.7 Å². The summed E-state index contributed by atoms with van der Waals surface area (Å²) >= 11 is 0. The summed E-state index contributed by atoms with van der Waals surface area (Å²) in [6.45, 7) is 0.962. The lowest BCUT2D eigenvalue weighted by Gasteiger charge is -2.32. The summed E-state index contributed by atoms with van der Waals surface area (Å²) in [5, 5.41) is 9.78. The minimum absolute atomic E-state index is 0.0867. The van der Waals surface area contributed by atoms with Crippen LogP contribution in [0.3, 0.4) is 0 Å². The Bertz CT molecular complexity index is 898. The Morgan fingerprint density at radius 3 is 3.00 bits per heavy atom. The zero-order valence-corrected chi connectivity index (χ0v) is 13.2. The standard InChI is InChI=1S/C17H17N5O2/c1-21-6-5-18-16(21)17(24)22-8-13(11-3-2-4-12(23)7-11)15-14(9-22)19-10-20-15/h2-7,10,13,23H,8-9H2,1H3,(H,19,20). The summed E-state index contributed by atoms with van der Waals surface area (Å²) in [6, 6.07) is 7.10. The monoisotopic (exact) mass is 323 g/mol. The zero-order valence-electron chi connectivity index (χ0n) is 13.2. The minimum atomic E-state index is -0.118. The van der Waals surface area contributed by atoms with Crippen LogP contribution in [0.1, 0.15) is 33.5 Å². The summed E-state index contributed by atoms with van der Waals surface area (Å²) in [5.41, 5.74) is 2.77. The number of hydrogen-bond donors (Lipinski definition) is 2. The quantitative estimate of drug-likeness (QED) is 0.750. The number of amides is 1. The number of hydrogen-bond acceptors (Lipinski definition) is 4. The Kier molecular flexibility index (Phi) is 3.34. The van der Waals surface area contributed by atoms with Gasteiger partial charge in [0.15, 0.2) is 5.82 Å². The summed E-state index contributed by atoms with van der Waals surface area (Å²) in [6.07, 6.45) is 5.02. The van der Waals surface area contributed by atoms with Crippen LogP contribution in [0.15, 0.2) is 43.0 Å². The fraction of sp³-hybridized carbons (Fsp3) is 0.235. The third-order valence-electron chi connectivity index (χ3n) is 4.41. The van der Waals surface area contributed by atoms with Gasteiger partial charge in [0.1, 0.15) is 5.75 Å². The Labute approximate surface area is 138 Å². The van der Waals surface area contributed by atoms with Crippen LogP contribution >= 0.6 is 0 Å². The Morgan fingerprint density at radius 1 is 1.38 bits per heavy atom. The molecule has 4 rings (SSSR count). The normalized spacial score (nSPS) is 16.9. The molecule has 3 aromatic rings. The summed E-state index contributed by atoms with van der Waals surface area (Å²) in [4.78, 5) is 26.3. The highest BCUT2D eigenvalue weighted by molar-refractivity contribution is 5.91. The van der Waals surface area contributed by atoms with Crippen molar-refractivity contribution < 1.29 is 9.90 Å². The van der Waals surface area contributed by atoms with E-state index in [9.17, 15) is 9.90 Å². The molecular formula is C17H17N5O2. The highest BCUT2D eigenvalue weighted by Crippen LogP contribution is 2.33. The first kappa shape index (κ1) is 14.5. The Balaban J connectivity index is 1.71. The van der Waals surface area contributed by atoms with Crippen molar-refractivity contribution in [2.24, 2.45) is 7.05 Å². The third kappa shape index (κ3) is 2.34. The molecule has 2 aromatic heterocycles. The molecule has 0 radical (unpaired) electrons. The highest BCUT2D eigenvalue weighted by Gasteiger charge is 2.33. The van der Waals surface area contributed by atoms with Crippen LogP contribution in [0.25, 0.3) is 0 Å². The number of benzene rings is 1.